The fraction of sp³-hybridized carbons (Fsp3) is 0.0800. The molecule has 3 aliphatic carbocycles. The quantitative estimate of drug-likeness (QED) is 0.179. The van der Waals surface area contributed by atoms with Crippen LogP contribution in [0.25, 0.3) is 55.7 Å². The fourth-order valence-corrected chi connectivity index (χ4v) is 9.43. The van der Waals surface area contributed by atoms with Crippen LogP contribution in [0.4, 0.5) is 0 Å². The van der Waals surface area contributed by atoms with Gasteiger partial charge in [-0.3, -0.25) is 0 Å². The average molecular weight is 826 g/mol. The number of halogens is 2. The number of allylic oxidation sites excluding steroid dienone is 6. The van der Waals surface area contributed by atoms with Gasteiger partial charge in [-0.2, -0.15) is 11.6 Å². The molecule has 0 saturated carbocycles. The van der Waals surface area contributed by atoms with Crippen LogP contribution < -0.4 is 24.8 Å². The van der Waals surface area contributed by atoms with Crippen LogP contribution in [0.15, 0.2) is 186 Å². The van der Waals surface area contributed by atoms with Gasteiger partial charge in [-0.25, -0.2) is 0 Å². The number of nitrogens with zero attached hydrogens (tertiary/aromatic N) is 2. The molecule has 263 valence electrons. The van der Waals surface area contributed by atoms with Gasteiger partial charge in [0, 0.05) is 39.2 Å². The smallest absolute Gasteiger partial charge is 1.00 e. The minimum absolute atomic E-state index is 0. The number of rotatable bonds is 4. The van der Waals surface area contributed by atoms with Gasteiger partial charge in [0.2, 0.25) is 0 Å². The first-order valence-corrected chi connectivity index (χ1v) is 18.3. The summed E-state index contributed by atoms with van der Waals surface area (Å²) in [6.45, 7) is 4.45. The van der Waals surface area contributed by atoms with Crippen LogP contribution in [0.5, 0.6) is 0 Å². The summed E-state index contributed by atoms with van der Waals surface area (Å²) in [7, 11) is 0. The topological polar surface area (TPSA) is 9.86 Å². The molecule has 1 radical (unpaired) electrons. The van der Waals surface area contributed by atoms with E-state index in [9.17, 15) is 0 Å². The van der Waals surface area contributed by atoms with Gasteiger partial charge >= 0.3 is 26.2 Å². The summed E-state index contributed by atoms with van der Waals surface area (Å²) in [5, 5.41) is 2.61. The molecule has 0 amide bonds. The van der Waals surface area contributed by atoms with E-state index >= 15 is 0 Å². The normalized spacial score (nSPS) is 15.9. The summed E-state index contributed by atoms with van der Waals surface area (Å²) in [5.41, 5.74) is 20.6. The third kappa shape index (κ3) is 5.31. The number of benzene rings is 6. The molecular weight excluding hydrogens is 791 g/mol. The van der Waals surface area contributed by atoms with E-state index in [1.54, 1.807) is 0 Å². The van der Waals surface area contributed by atoms with Crippen LogP contribution >= 0.6 is 0 Å². The second-order valence-corrected chi connectivity index (χ2v) is 14.5. The van der Waals surface area contributed by atoms with Gasteiger partial charge < -0.3 is 33.9 Å². The Morgan fingerprint density at radius 1 is 0.491 bits per heavy atom. The summed E-state index contributed by atoms with van der Waals surface area (Å²) < 4.78 is 4.98. The van der Waals surface area contributed by atoms with Gasteiger partial charge in [0.15, 0.2) is 0 Å². The van der Waals surface area contributed by atoms with Gasteiger partial charge in [-0.1, -0.05) is 135 Å². The molecular formula is C50H35Cl2N2Zr. The third-order valence-electron chi connectivity index (χ3n) is 11.5. The SMILES string of the molecule is CC(C)=C1[C-]=C(C2c3ccccc3-c3c2c2ccccc2n3-c2ccccc2)C(C2c3ccccc3-c3c2c2ccccc2n3-c2ccccc2)=C1.[Cl-].[Cl-].[Zr+3]. The van der Waals surface area contributed by atoms with Crippen LogP contribution in [0.2, 0.25) is 0 Å². The van der Waals surface area contributed by atoms with Gasteiger partial charge in [0.25, 0.3) is 0 Å². The molecule has 0 spiro atoms. The van der Waals surface area contributed by atoms with E-state index < -0.39 is 0 Å². The van der Waals surface area contributed by atoms with E-state index in [4.69, 9.17) is 0 Å². The van der Waals surface area contributed by atoms with E-state index in [-0.39, 0.29) is 62.9 Å². The molecule has 5 heteroatoms. The molecule has 8 aromatic rings. The Labute approximate surface area is 353 Å². The zero-order valence-electron chi connectivity index (χ0n) is 30.4. The first kappa shape index (κ1) is 37.0. The van der Waals surface area contributed by atoms with Crippen molar-refractivity contribution in [2.45, 2.75) is 25.7 Å². The van der Waals surface area contributed by atoms with Crippen LogP contribution in [0.1, 0.15) is 47.9 Å². The van der Waals surface area contributed by atoms with Crippen LogP contribution in [-0.4, -0.2) is 9.13 Å². The number of hydrogen-bond donors (Lipinski definition) is 0. The van der Waals surface area contributed by atoms with Crippen molar-refractivity contribution in [1.82, 2.24) is 9.13 Å². The Hall–Kier alpha value is -4.92. The molecule has 0 bridgehead atoms. The second-order valence-electron chi connectivity index (χ2n) is 14.5. The van der Waals surface area contributed by atoms with Crippen molar-refractivity contribution >= 4 is 21.8 Å². The number of fused-ring (bicyclic) bond motifs is 10. The largest absolute Gasteiger partial charge is 3.00 e. The van der Waals surface area contributed by atoms with Crippen molar-refractivity contribution in [2.75, 3.05) is 0 Å². The maximum Gasteiger partial charge on any atom is 3.00 e. The second kappa shape index (κ2) is 14.3. The van der Waals surface area contributed by atoms with E-state index in [1.807, 2.05) is 0 Å². The molecule has 0 saturated heterocycles. The van der Waals surface area contributed by atoms with Crippen molar-refractivity contribution < 1.29 is 51.0 Å². The zero-order chi connectivity index (χ0) is 34.5. The minimum Gasteiger partial charge on any atom is -1.00 e. The van der Waals surface area contributed by atoms with Gasteiger partial charge in [0.05, 0.1) is 22.4 Å². The Bertz CT molecular complexity index is 2680. The molecule has 6 aromatic carbocycles. The van der Waals surface area contributed by atoms with E-state index in [0.717, 1.165) is 0 Å². The fourth-order valence-electron chi connectivity index (χ4n) is 9.43. The molecule has 0 aliphatic heterocycles. The summed E-state index contributed by atoms with van der Waals surface area (Å²) in [4.78, 5) is 0. The van der Waals surface area contributed by atoms with Crippen molar-refractivity contribution in [3.8, 4) is 33.9 Å². The zero-order valence-corrected chi connectivity index (χ0v) is 34.4. The predicted molar refractivity (Wildman–Crippen MR) is 214 cm³/mol. The molecule has 55 heavy (non-hydrogen) atoms. The monoisotopic (exact) mass is 823 g/mol. The molecule has 2 heterocycles. The number of hydrogen-bond acceptors (Lipinski definition) is 0. The third-order valence-corrected chi connectivity index (χ3v) is 11.5. The summed E-state index contributed by atoms with van der Waals surface area (Å²) in [6, 6.07) is 57.9. The van der Waals surface area contributed by atoms with E-state index in [2.05, 4.69) is 193 Å². The molecule has 2 aromatic heterocycles. The number of para-hydroxylation sites is 4. The van der Waals surface area contributed by atoms with Crippen LogP contribution in [0, 0.1) is 6.08 Å². The van der Waals surface area contributed by atoms with E-state index in [0.29, 0.717) is 0 Å². The van der Waals surface area contributed by atoms with Gasteiger partial charge in [-0.15, -0.1) is 22.8 Å². The van der Waals surface area contributed by atoms with Crippen LogP contribution in [0.3, 0.4) is 0 Å². The summed E-state index contributed by atoms with van der Waals surface area (Å²) >= 11 is 0. The van der Waals surface area contributed by atoms with Gasteiger partial charge in [0.1, 0.15) is 0 Å². The van der Waals surface area contributed by atoms with Crippen molar-refractivity contribution in [3.05, 3.63) is 214 Å². The van der Waals surface area contributed by atoms with Crippen molar-refractivity contribution in [3.63, 3.8) is 0 Å². The molecule has 3 aliphatic rings. The Morgan fingerprint density at radius 2 is 0.909 bits per heavy atom. The Balaban J connectivity index is 0.00000142. The average Bonchev–Trinajstić information content (AvgIpc) is 3.99. The Kier molecular flexibility index (Phi) is 9.63. The summed E-state index contributed by atoms with van der Waals surface area (Å²) in [6.07, 6.45) is 6.56. The van der Waals surface area contributed by atoms with Crippen molar-refractivity contribution in [2.24, 2.45) is 0 Å². The van der Waals surface area contributed by atoms with Gasteiger partial charge in [-0.05, 0) is 64.6 Å². The molecule has 2 atom stereocenters. The minimum atomic E-state index is 0. The standard InChI is InChI=1S/C50H35N2.2ClH.Zr/c1-31(2)32-29-41(45-35-21-9-11-23-37(35)49-47(45)39-25-13-15-27-43(39)51(49)33-17-5-3-6-18-33)42(30-32)46-36-22-10-12-24-38(36)50-48(46)40-26-14-16-28-44(40)52(50)34-19-7-4-8-20-34;;;/h3-29,45-46H,1-2H3;2*1H;/q-1;;;+3/p-2. The predicted octanol–water partition coefficient (Wildman–Crippen LogP) is 6.51. The van der Waals surface area contributed by atoms with Crippen molar-refractivity contribution in [1.29, 1.82) is 0 Å². The molecule has 2 unspecified atom stereocenters. The maximum atomic E-state index is 4.09. The molecule has 0 fully saturated rings. The summed E-state index contributed by atoms with van der Waals surface area (Å²) in [5.74, 6) is 0.0851. The first-order valence-electron chi connectivity index (χ1n) is 18.3. The number of aromatic nitrogens is 2. The van der Waals surface area contributed by atoms with Crippen LogP contribution in [-0.2, 0) is 26.2 Å². The Morgan fingerprint density at radius 3 is 1.42 bits per heavy atom. The molecule has 0 N–H and O–H groups in total. The first-order chi connectivity index (χ1) is 25.7. The molecule has 2 nitrogen and oxygen atoms in total. The van der Waals surface area contributed by atoms with E-state index in [1.165, 1.54) is 100 Å². The molecule has 11 rings (SSSR count). The maximum absolute atomic E-state index is 4.09.